The summed E-state index contributed by atoms with van der Waals surface area (Å²) in [6.45, 7) is -5.57. The number of nitrogen functional groups attached to an aromatic ring is 6. The van der Waals surface area contributed by atoms with Gasteiger partial charge >= 0.3 is 82.4 Å². The van der Waals surface area contributed by atoms with E-state index < -0.39 is 257 Å². The van der Waals surface area contributed by atoms with Gasteiger partial charge in [0.15, 0.2) is 18.7 Å². The summed E-state index contributed by atoms with van der Waals surface area (Å²) in [5.41, 5.74) is 28.4. The molecule has 6 aromatic heterocycles. The fourth-order valence-corrected chi connectivity index (χ4v) is 17.6. The molecule has 6 aromatic rings. The Bertz CT molecular complexity index is 5450. The predicted molar refractivity (Wildman–Crippen MR) is 392 cm³/mol. The molecule has 0 aromatic carbocycles. The second kappa shape index (κ2) is 37.2. The minimum Gasteiger partial charge on any atom is -0.389 e. The third-order valence-corrected chi connectivity index (χ3v) is 23.3. The fraction of sp³-hybridized carbons (Fsp3) is 0.500. The van der Waals surface area contributed by atoms with E-state index in [2.05, 4.69) is 52.2 Å². The summed E-state index contributed by atoms with van der Waals surface area (Å²) < 4.78 is 184. The summed E-state index contributed by atoms with van der Waals surface area (Å²) in [7, 11) is -26.6. The molecule has 0 spiro atoms. The zero-order chi connectivity index (χ0) is 85.0. The van der Waals surface area contributed by atoms with Crippen molar-refractivity contribution >= 4 is 83.1 Å². The summed E-state index contributed by atoms with van der Waals surface area (Å²) >= 11 is 0. The summed E-state index contributed by atoms with van der Waals surface area (Å²) in [6, 6.07) is 7.29. The van der Waals surface area contributed by atoms with Gasteiger partial charge in [-0.25, -0.2) is 42.5 Å². The maximum Gasteiger partial charge on any atom is 0.697 e. The Hall–Kier alpha value is -9.13. The maximum absolute atomic E-state index is 14.4. The lowest BCUT2D eigenvalue weighted by Gasteiger charge is -2.24. The molecule has 6 aliphatic rings. The van der Waals surface area contributed by atoms with Crippen molar-refractivity contribution in [1.82, 2.24) is 57.3 Å². The van der Waals surface area contributed by atoms with Crippen molar-refractivity contribution in [3.05, 3.63) is 136 Å². The van der Waals surface area contributed by atoms with Crippen LogP contribution in [0.2, 0.25) is 0 Å². The Balaban J connectivity index is 0.733. The van der Waals surface area contributed by atoms with Gasteiger partial charge in [0.05, 0.1) is 37.6 Å². The molecule has 0 radical (unpaired) electrons. The second-order valence-electron chi connectivity index (χ2n) is 26.1. The average molecular weight is 1770 g/mol. The van der Waals surface area contributed by atoms with Crippen molar-refractivity contribution in [1.29, 1.82) is 0 Å². The van der Waals surface area contributed by atoms with Crippen molar-refractivity contribution in [3.8, 4) is 37.0 Å². The summed E-state index contributed by atoms with van der Waals surface area (Å²) in [5, 5.41) is 11.1. The van der Waals surface area contributed by atoms with E-state index in [1.165, 1.54) is 55.0 Å². The largest absolute Gasteiger partial charge is 0.697 e. The van der Waals surface area contributed by atoms with Crippen molar-refractivity contribution in [2.75, 3.05) is 74.0 Å². The van der Waals surface area contributed by atoms with Gasteiger partial charge in [0.2, 0.25) is 0 Å². The number of terminal acetylenes is 3. The lowest BCUT2D eigenvalue weighted by Crippen LogP contribution is -2.34. The van der Waals surface area contributed by atoms with Crippen LogP contribution in [0.3, 0.4) is 0 Å². The SMILES string of the molecule is C#C[C@H]1[C@H](O)[C@@H](CO[P+](=O)O[C@H]2C[C@H](n3ccc(N)nc3=O)O[C@@H]2COP(=O)(O)O[C@H]2[C@H](C#C)[C@H](n3ccc(N)nc3=O)O[C@@H]2CO[P+](=O)O[C@H]2C[C@H](n3ccc(N)nc3=O)O[C@@H]2COP(=O)(O)O[C@H]2[C@H](C#C)[C@H](n3ccc(N)nc3=O)O[C@@H]2CO[P+](=O)O[C@H]2C[C@H](n3ccc(N)nc3=O)O[C@@H]2COP(=O)(O)O)O[C@H]1n1ccc(N)nc1=O. The van der Waals surface area contributed by atoms with Crippen molar-refractivity contribution in [2.24, 2.45) is 17.8 Å². The molecule has 6 aliphatic heterocycles. The quantitative estimate of drug-likeness (QED) is 0.0153. The van der Waals surface area contributed by atoms with Crippen molar-refractivity contribution < 1.29 is 130 Å². The summed E-state index contributed by atoms with van der Waals surface area (Å²) in [6.07, 6.45) is -4.47. The minimum atomic E-state index is -5.63. The standard InChI is InChI=1S/C60H68N18O34P6/c1-4-28-49(79)37(105-52(28)76-16-10-43(64)70-58(76)83)22-96-113(86)109-32-20-47(74-14-8-41(62)68-56(74)81)103-35(32)26-100-117(92,93)112-51-30(6-3)54(78-18-12-45(66)72-60(78)85)107-39(51)24-98-115(88)110-33-21-48(75-15-9-42(63)69-57(75)82)104-36(33)27-101-118(94,95)111-50-29(5-2)53(77-17-11-44(65)71-59(77)84)106-38(50)23-97-114(87)108-31-19-46(73-13-7-40(61)67-55(73)80)102-34(31)25-99-116(89,90)91/h1-3,7-18,28-39,46-54,79H,19-27H2,(H13-3,61,62,63,64,65,66,67,68,69,70,71,72,80,81,82,83,84,85,89,90,91,92,93,94,95)/p+3/t28-,29-,30-,31-,32-,33-,34+,35+,36+,37+,38+,39+,46+,47+,48+,49-,50-,51-,52+,53+,54+/m0/s1. The topological polar surface area (TPSA) is 726 Å². The van der Waals surface area contributed by atoms with E-state index >= 15 is 0 Å². The zero-order valence-corrected chi connectivity index (χ0v) is 65.6. The molecule has 0 saturated carbocycles. The summed E-state index contributed by atoms with van der Waals surface area (Å²) in [4.78, 5) is 143. The van der Waals surface area contributed by atoms with Crippen LogP contribution >= 0.6 is 48.2 Å². The van der Waals surface area contributed by atoms with E-state index in [1.54, 1.807) is 0 Å². The van der Waals surface area contributed by atoms with E-state index in [0.29, 0.717) is 0 Å². The average Bonchev–Trinajstić information content (AvgIpc) is 1.62. The molecule has 6 fully saturated rings. The number of hydrogen-bond acceptors (Lipinski definition) is 42. The molecular weight excluding hydrogens is 1700 g/mol. The number of aliphatic hydroxyl groups is 1. The van der Waals surface area contributed by atoms with E-state index in [0.717, 1.165) is 46.0 Å². The van der Waals surface area contributed by atoms with Gasteiger partial charge in [-0.15, -0.1) is 46.4 Å². The fourth-order valence-electron chi connectivity index (χ4n) is 13.0. The molecule has 17 N–H and O–H groups in total. The second-order valence-corrected chi connectivity index (χ2v) is 32.9. The molecule has 26 atom stereocenters. The van der Waals surface area contributed by atoms with Gasteiger partial charge < -0.3 is 87.5 Å². The normalized spacial score (nSPS) is 30.3. The Morgan fingerprint density at radius 3 is 0.941 bits per heavy atom. The molecule has 0 bridgehead atoms. The first kappa shape index (κ1) is 88.2. The molecule has 0 amide bonds. The van der Waals surface area contributed by atoms with E-state index in [9.17, 15) is 80.8 Å². The number of aliphatic hydroxyl groups excluding tert-OH is 1. The minimum absolute atomic E-state index is 0.117. The van der Waals surface area contributed by atoms with Gasteiger partial charge in [-0.05, 0) is 36.4 Å². The lowest BCUT2D eigenvalue weighted by molar-refractivity contribution is -0.0596. The molecular formula is C60H71N18O34P6+3. The smallest absolute Gasteiger partial charge is 0.389 e. The van der Waals surface area contributed by atoms with Crippen LogP contribution in [0.25, 0.3) is 0 Å². The summed E-state index contributed by atoms with van der Waals surface area (Å²) in [5.74, 6) is 1.45. The van der Waals surface area contributed by atoms with Crippen LogP contribution in [-0.4, -0.2) is 195 Å². The van der Waals surface area contributed by atoms with Gasteiger partial charge in [0.1, 0.15) is 147 Å². The molecule has 0 aliphatic carbocycles. The number of nitrogens with zero attached hydrogens (tertiary/aromatic N) is 12. The van der Waals surface area contributed by atoms with Crippen LogP contribution in [-0.2, 0) is 106 Å². The van der Waals surface area contributed by atoms with Crippen LogP contribution in [0.5, 0.6) is 0 Å². The first-order valence-corrected chi connectivity index (χ1v) is 42.2. The molecule has 12 rings (SSSR count). The van der Waals surface area contributed by atoms with Crippen LogP contribution in [0.1, 0.15) is 56.6 Å². The van der Waals surface area contributed by atoms with Crippen molar-refractivity contribution in [3.63, 3.8) is 0 Å². The number of phosphoric acid groups is 3. The van der Waals surface area contributed by atoms with Crippen LogP contribution in [0, 0.1) is 54.8 Å². The molecule has 632 valence electrons. The monoisotopic (exact) mass is 1770 g/mol. The van der Waals surface area contributed by atoms with E-state index in [-0.39, 0.29) is 47.7 Å². The molecule has 12 heterocycles. The predicted octanol–water partition coefficient (Wildman–Crippen LogP) is -2.02. The van der Waals surface area contributed by atoms with Gasteiger partial charge in [-0.2, -0.15) is 29.9 Å². The first-order chi connectivity index (χ1) is 55.9. The highest BCUT2D eigenvalue weighted by Crippen LogP contribution is 2.54. The van der Waals surface area contributed by atoms with Crippen LogP contribution in [0.4, 0.5) is 34.9 Å². The highest BCUT2D eigenvalue weighted by molar-refractivity contribution is 7.47. The Labute approximate surface area is 663 Å². The number of rotatable bonds is 34. The molecule has 58 heteroatoms. The first-order valence-electron chi connectivity index (χ1n) is 34.3. The number of hydrogen-bond donors (Lipinski definition) is 11. The Kier molecular flexibility index (Phi) is 27.8. The molecule has 5 unspecified atom stereocenters. The van der Waals surface area contributed by atoms with Gasteiger partial charge in [0, 0.05) is 70.1 Å². The van der Waals surface area contributed by atoms with Crippen LogP contribution in [0.15, 0.2) is 102 Å². The number of phosphoric ester groups is 3. The maximum atomic E-state index is 14.4. The van der Waals surface area contributed by atoms with E-state index in [4.69, 9.17) is 127 Å². The molecule has 6 saturated heterocycles. The number of ether oxygens (including phenoxy) is 6. The Morgan fingerprint density at radius 2 is 0.661 bits per heavy atom. The molecule has 118 heavy (non-hydrogen) atoms. The Morgan fingerprint density at radius 1 is 0.398 bits per heavy atom. The van der Waals surface area contributed by atoms with Gasteiger partial charge in [-0.3, -0.25) is 50.0 Å². The lowest BCUT2D eigenvalue weighted by atomic mass is 10.0. The number of nitrogens with two attached hydrogens (primary N) is 6. The highest BCUT2D eigenvalue weighted by Gasteiger charge is 2.56. The van der Waals surface area contributed by atoms with Gasteiger partial charge in [-0.1, -0.05) is 17.8 Å². The third kappa shape index (κ3) is 21.2. The third-order valence-electron chi connectivity index (χ3n) is 18.5. The zero-order valence-electron chi connectivity index (χ0n) is 60.2. The van der Waals surface area contributed by atoms with Crippen molar-refractivity contribution in [2.45, 2.75) is 130 Å². The van der Waals surface area contributed by atoms with Crippen LogP contribution < -0.4 is 68.5 Å². The number of aromatic nitrogens is 12. The van der Waals surface area contributed by atoms with Gasteiger partial charge in [0.25, 0.3) is 0 Å². The number of anilines is 6. The van der Waals surface area contributed by atoms with E-state index in [1.807, 2.05) is 0 Å². The highest BCUT2D eigenvalue weighted by atomic mass is 31.2. The molecule has 52 nitrogen and oxygen atoms in total.